The molecule has 1 fully saturated rings. The molecule has 1 aliphatic heterocycles. The molecule has 0 bridgehead atoms. The zero-order valence-corrected chi connectivity index (χ0v) is 54.2. The number of aliphatic hydroxyl groups excluding tert-OH is 5. The summed E-state index contributed by atoms with van der Waals surface area (Å²) in [5, 5.41) is 54.7. The van der Waals surface area contributed by atoms with Gasteiger partial charge >= 0.3 is 0 Å². The Morgan fingerprint density at radius 2 is 0.759 bits per heavy atom. The van der Waals surface area contributed by atoms with Crippen LogP contribution in [-0.4, -0.2) is 87.5 Å². The number of rotatable bonds is 62. The van der Waals surface area contributed by atoms with Crippen LogP contribution in [-0.2, 0) is 14.3 Å². The SMILES string of the molecule is CC/C=C\C/C=C\C/C=C\C/C=C\CCCCCCCCCCCCCCCCCCCCCCCCCCC(=O)NC(COC1OC(CO)C(O)C(O)C1O)C(O)/C=C/CC/C=C/CCCCCCCCCCCCCCCCCCC. The van der Waals surface area contributed by atoms with E-state index in [4.69, 9.17) is 9.47 Å². The van der Waals surface area contributed by atoms with Gasteiger partial charge in [0, 0.05) is 6.42 Å². The number of aliphatic hydroxyl groups is 5. The van der Waals surface area contributed by atoms with E-state index in [9.17, 15) is 30.3 Å². The van der Waals surface area contributed by atoms with Gasteiger partial charge in [0.25, 0.3) is 0 Å². The average Bonchev–Trinajstić information content (AvgIpc) is 3.60. The lowest BCUT2D eigenvalue weighted by Gasteiger charge is -2.40. The third kappa shape index (κ3) is 51.4. The number of hydrogen-bond donors (Lipinski definition) is 6. The van der Waals surface area contributed by atoms with Crippen molar-refractivity contribution in [2.75, 3.05) is 13.2 Å². The van der Waals surface area contributed by atoms with Crippen LogP contribution in [0.4, 0.5) is 0 Å². The zero-order valence-electron chi connectivity index (χ0n) is 54.2. The molecule has 0 aromatic heterocycles. The maximum absolute atomic E-state index is 13.1. The van der Waals surface area contributed by atoms with Crippen molar-refractivity contribution in [3.05, 3.63) is 72.9 Å². The van der Waals surface area contributed by atoms with Gasteiger partial charge in [0.15, 0.2) is 6.29 Å². The lowest BCUT2D eigenvalue weighted by atomic mass is 9.99. The van der Waals surface area contributed by atoms with Gasteiger partial charge in [0.1, 0.15) is 24.4 Å². The maximum Gasteiger partial charge on any atom is 0.220 e. The molecule has 1 aliphatic rings. The summed E-state index contributed by atoms with van der Waals surface area (Å²) in [5.41, 5.74) is 0. The van der Waals surface area contributed by atoms with Crippen LogP contribution >= 0.6 is 0 Å². The number of carbonyl (C=O) groups is 1. The predicted octanol–water partition coefficient (Wildman–Crippen LogP) is 19.5. The van der Waals surface area contributed by atoms with Crippen LogP contribution in [0.3, 0.4) is 0 Å². The van der Waals surface area contributed by atoms with E-state index < -0.39 is 49.5 Å². The van der Waals surface area contributed by atoms with Crippen LogP contribution < -0.4 is 5.32 Å². The van der Waals surface area contributed by atoms with Crippen LogP contribution in [0, 0.1) is 0 Å². The van der Waals surface area contributed by atoms with Crippen molar-refractivity contribution in [1.29, 1.82) is 0 Å². The molecule has 6 N–H and O–H groups in total. The minimum absolute atomic E-state index is 0.181. The minimum Gasteiger partial charge on any atom is -0.394 e. The topological polar surface area (TPSA) is 149 Å². The summed E-state index contributed by atoms with van der Waals surface area (Å²) in [4.78, 5) is 13.1. The fourth-order valence-corrected chi connectivity index (χ4v) is 11.2. The number of nitrogens with one attached hydrogen (secondary N) is 1. The average molecular weight is 1170 g/mol. The fourth-order valence-electron chi connectivity index (χ4n) is 11.2. The van der Waals surface area contributed by atoms with Gasteiger partial charge in [-0.1, -0.05) is 331 Å². The molecule has 0 spiro atoms. The third-order valence-electron chi connectivity index (χ3n) is 16.8. The summed E-state index contributed by atoms with van der Waals surface area (Å²) < 4.78 is 11.3. The van der Waals surface area contributed by atoms with E-state index in [-0.39, 0.29) is 12.5 Å². The largest absolute Gasteiger partial charge is 0.394 e. The molecule has 1 amide bonds. The van der Waals surface area contributed by atoms with Crippen molar-refractivity contribution in [2.45, 2.75) is 378 Å². The number of amides is 1. The van der Waals surface area contributed by atoms with E-state index >= 15 is 0 Å². The van der Waals surface area contributed by atoms with Crippen molar-refractivity contribution in [2.24, 2.45) is 0 Å². The van der Waals surface area contributed by atoms with Crippen molar-refractivity contribution in [3.63, 3.8) is 0 Å². The lowest BCUT2D eigenvalue weighted by molar-refractivity contribution is -0.302. The summed E-state index contributed by atoms with van der Waals surface area (Å²) >= 11 is 0. The molecule has 0 saturated carbocycles. The number of allylic oxidation sites excluding steroid dienone is 11. The van der Waals surface area contributed by atoms with Crippen LogP contribution in [0.15, 0.2) is 72.9 Å². The molecule has 1 rings (SSSR count). The first-order chi connectivity index (χ1) is 40.8. The Labute approximate surface area is 512 Å². The van der Waals surface area contributed by atoms with E-state index in [1.54, 1.807) is 6.08 Å². The highest BCUT2D eigenvalue weighted by Crippen LogP contribution is 2.23. The van der Waals surface area contributed by atoms with E-state index in [1.165, 1.54) is 250 Å². The minimum atomic E-state index is -1.57. The Kier molecular flexibility index (Phi) is 59.4. The van der Waals surface area contributed by atoms with Gasteiger partial charge in [-0.05, 0) is 70.6 Å². The first-order valence-electron chi connectivity index (χ1n) is 35.7. The van der Waals surface area contributed by atoms with Crippen molar-refractivity contribution >= 4 is 5.91 Å². The molecule has 0 radical (unpaired) electrons. The Hall–Kier alpha value is -2.37. The van der Waals surface area contributed by atoms with E-state index in [0.717, 1.165) is 64.2 Å². The third-order valence-corrected chi connectivity index (χ3v) is 16.8. The highest BCUT2D eigenvalue weighted by Gasteiger charge is 2.44. The van der Waals surface area contributed by atoms with Crippen LogP contribution in [0.2, 0.25) is 0 Å². The molecule has 83 heavy (non-hydrogen) atoms. The first kappa shape index (κ1) is 78.6. The first-order valence-corrected chi connectivity index (χ1v) is 35.7. The van der Waals surface area contributed by atoms with Crippen molar-refractivity contribution in [1.82, 2.24) is 5.32 Å². The normalized spacial score (nSPS) is 18.7. The standard InChI is InChI=1S/C74H135NO8/c1-3-5-7-9-11-13-15-17-19-21-23-25-27-28-29-30-31-32-33-34-35-36-37-38-39-40-42-44-46-48-50-52-54-56-58-60-62-64-70(78)75-67(66-82-74-73(81)72(80)71(79)69(65-76)83-74)68(77)63-61-59-57-55-53-51-49-47-45-43-41-26-24-22-20-18-16-14-12-10-8-6-4-2/h5,7,11,13,17,19,23,25,53,55,61,63,67-69,71-74,76-77,79-81H,3-4,6,8-10,12,14-16,18,20-22,24,26-52,54,56-60,62,64-66H2,1-2H3,(H,75,78)/b7-5-,13-11-,19-17-,25-23-,55-53+,63-61+. The lowest BCUT2D eigenvalue weighted by Crippen LogP contribution is -2.60. The molecule has 7 atom stereocenters. The van der Waals surface area contributed by atoms with Crippen LogP contribution in [0.5, 0.6) is 0 Å². The predicted molar refractivity (Wildman–Crippen MR) is 355 cm³/mol. The molecular formula is C74H135NO8. The molecule has 0 aromatic carbocycles. The van der Waals surface area contributed by atoms with Gasteiger partial charge in [-0.3, -0.25) is 4.79 Å². The van der Waals surface area contributed by atoms with Gasteiger partial charge < -0.3 is 40.3 Å². The Morgan fingerprint density at radius 1 is 0.422 bits per heavy atom. The molecule has 1 saturated heterocycles. The van der Waals surface area contributed by atoms with Gasteiger partial charge in [-0.15, -0.1) is 0 Å². The highest BCUT2D eigenvalue weighted by atomic mass is 16.7. The van der Waals surface area contributed by atoms with Gasteiger partial charge in [-0.25, -0.2) is 0 Å². The van der Waals surface area contributed by atoms with E-state index in [1.807, 2.05) is 6.08 Å². The molecule has 484 valence electrons. The molecule has 7 unspecified atom stereocenters. The quantitative estimate of drug-likeness (QED) is 0.0261. The number of ether oxygens (including phenoxy) is 2. The highest BCUT2D eigenvalue weighted by molar-refractivity contribution is 5.76. The van der Waals surface area contributed by atoms with E-state index in [2.05, 4.69) is 79.9 Å². The smallest absolute Gasteiger partial charge is 0.220 e. The monoisotopic (exact) mass is 1170 g/mol. The molecule has 1 heterocycles. The number of unbranched alkanes of at least 4 members (excludes halogenated alkanes) is 42. The Morgan fingerprint density at radius 3 is 1.16 bits per heavy atom. The Bertz CT molecular complexity index is 1540. The Balaban J connectivity index is 2.10. The van der Waals surface area contributed by atoms with E-state index in [0.29, 0.717) is 6.42 Å². The number of hydrogen-bond acceptors (Lipinski definition) is 8. The summed E-state index contributed by atoms with van der Waals surface area (Å²) in [7, 11) is 0. The zero-order chi connectivity index (χ0) is 60.0. The summed E-state index contributed by atoms with van der Waals surface area (Å²) in [6, 6.07) is -0.824. The summed E-state index contributed by atoms with van der Waals surface area (Å²) in [5.74, 6) is -0.181. The van der Waals surface area contributed by atoms with Crippen LogP contribution in [0.25, 0.3) is 0 Å². The second kappa shape index (κ2) is 62.7. The van der Waals surface area contributed by atoms with Crippen molar-refractivity contribution < 1.29 is 39.8 Å². The summed E-state index contributed by atoms with van der Waals surface area (Å²) in [6.45, 7) is 3.69. The fraction of sp³-hybridized carbons (Fsp3) is 0.824. The molecule has 0 aliphatic carbocycles. The molecular weight excluding hydrogens is 1030 g/mol. The second-order valence-electron chi connectivity index (χ2n) is 24.6. The number of carbonyl (C=O) groups excluding carboxylic acids is 1. The molecule has 9 nitrogen and oxygen atoms in total. The van der Waals surface area contributed by atoms with Gasteiger partial charge in [0.05, 0.1) is 25.4 Å². The van der Waals surface area contributed by atoms with Gasteiger partial charge in [-0.2, -0.15) is 0 Å². The maximum atomic E-state index is 13.1. The van der Waals surface area contributed by atoms with Crippen LogP contribution in [0.1, 0.15) is 335 Å². The molecule has 0 aromatic rings. The second-order valence-corrected chi connectivity index (χ2v) is 24.6. The molecule has 9 heteroatoms. The van der Waals surface area contributed by atoms with Crippen molar-refractivity contribution in [3.8, 4) is 0 Å². The van der Waals surface area contributed by atoms with Gasteiger partial charge in [0.2, 0.25) is 5.91 Å². The summed E-state index contributed by atoms with van der Waals surface area (Å²) in [6.07, 6.45) is 81.6.